The van der Waals surface area contributed by atoms with E-state index in [-0.39, 0.29) is 11.3 Å². The lowest BCUT2D eigenvalue weighted by atomic mass is 10.2. The van der Waals surface area contributed by atoms with Crippen molar-refractivity contribution in [1.29, 1.82) is 5.26 Å². The number of ether oxygens (including phenoxy) is 2. The summed E-state index contributed by atoms with van der Waals surface area (Å²) < 4.78 is 24.1. The molecule has 0 saturated heterocycles. The van der Waals surface area contributed by atoms with Gasteiger partial charge in [0.2, 0.25) is 0 Å². The van der Waals surface area contributed by atoms with Crippen LogP contribution in [0.2, 0.25) is 0 Å². The lowest BCUT2D eigenvalue weighted by molar-refractivity contribution is -0.144. The molecule has 0 aromatic heterocycles. The summed E-state index contributed by atoms with van der Waals surface area (Å²) in [6, 6.07) is 11.9. The Balaban J connectivity index is 2.07. The normalized spacial score (nSPS) is 11.3. The fourth-order valence-corrected chi connectivity index (χ4v) is 1.63. The number of rotatable bonds is 5. The average Bonchev–Trinajstić information content (AvgIpc) is 2.49. The predicted octanol–water partition coefficient (Wildman–Crippen LogP) is 3.34. The monoisotopic (exact) mass is 301 g/mol. The van der Waals surface area contributed by atoms with Crippen LogP contribution in [-0.2, 0) is 4.79 Å². The number of hydrogen-bond donors (Lipinski definition) is 1. The molecule has 0 bridgehead atoms. The Morgan fingerprint density at radius 2 is 1.77 bits per heavy atom. The van der Waals surface area contributed by atoms with E-state index in [9.17, 15) is 9.18 Å². The first-order valence-electron chi connectivity index (χ1n) is 6.36. The molecule has 1 N–H and O–H groups in total. The molecule has 0 aliphatic heterocycles. The minimum Gasteiger partial charge on any atom is -0.479 e. The second-order valence-electron chi connectivity index (χ2n) is 4.43. The van der Waals surface area contributed by atoms with E-state index < -0.39 is 17.9 Å². The third kappa shape index (κ3) is 3.73. The predicted molar refractivity (Wildman–Crippen MR) is 75.4 cm³/mol. The van der Waals surface area contributed by atoms with Crippen LogP contribution in [0.4, 0.5) is 4.39 Å². The smallest absolute Gasteiger partial charge is 0.344 e. The number of carboxylic acid groups (broad SMARTS) is 1. The molecule has 0 aliphatic carbocycles. The Morgan fingerprint density at radius 1 is 1.18 bits per heavy atom. The summed E-state index contributed by atoms with van der Waals surface area (Å²) in [5.74, 6) is -0.652. The van der Waals surface area contributed by atoms with Crippen molar-refractivity contribution < 1.29 is 23.8 Å². The summed E-state index contributed by atoms with van der Waals surface area (Å²) in [5, 5.41) is 17.4. The van der Waals surface area contributed by atoms with E-state index in [0.29, 0.717) is 11.5 Å². The van der Waals surface area contributed by atoms with Gasteiger partial charge in [-0.2, -0.15) is 5.26 Å². The van der Waals surface area contributed by atoms with Gasteiger partial charge in [0.25, 0.3) is 0 Å². The zero-order valence-electron chi connectivity index (χ0n) is 11.6. The second kappa shape index (κ2) is 6.59. The minimum absolute atomic E-state index is 0.0567. The van der Waals surface area contributed by atoms with Gasteiger partial charge in [-0.05, 0) is 43.3 Å². The van der Waals surface area contributed by atoms with Crippen LogP contribution in [-0.4, -0.2) is 17.2 Å². The maximum Gasteiger partial charge on any atom is 0.344 e. The third-order valence-electron chi connectivity index (χ3n) is 2.78. The molecule has 2 rings (SSSR count). The van der Waals surface area contributed by atoms with Gasteiger partial charge in [0.15, 0.2) is 6.10 Å². The van der Waals surface area contributed by atoms with Crippen molar-refractivity contribution in [3.8, 4) is 23.3 Å². The van der Waals surface area contributed by atoms with Gasteiger partial charge >= 0.3 is 5.97 Å². The van der Waals surface area contributed by atoms with Gasteiger partial charge in [-0.25, -0.2) is 9.18 Å². The van der Waals surface area contributed by atoms with Crippen molar-refractivity contribution in [3.63, 3.8) is 0 Å². The van der Waals surface area contributed by atoms with Gasteiger partial charge in [0.1, 0.15) is 29.1 Å². The highest BCUT2D eigenvalue weighted by atomic mass is 19.1. The van der Waals surface area contributed by atoms with Crippen LogP contribution in [0.25, 0.3) is 0 Å². The van der Waals surface area contributed by atoms with Crippen LogP contribution in [0.15, 0.2) is 42.5 Å². The number of hydrogen-bond acceptors (Lipinski definition) is 4. The van der Waals surface area contributed by atoms with E-state index in [1.54, 1.807) is 30.3 Å². The fraction of sp³-hybridized carbons (Fsp3) is 0.125. The molecule has 0 amide bonds. The average molecular weight is 301 g/mol. The van der Waals surface area contributed by atoms with E-state index in [1.165, 1.54) is 19.1 Å². The Kier molecular flexibility index (Phi) is 4.59. The molecule has 0 heterocycles. The molecule has 0 fully saturated rings. The second-order valence-corrected chi connectivity index (χ2v) is 4.43. The summed E-state index contributed by atoms with van der Waals surface area (Å²) in [6.45, 7) is 1.42. The van der Waals surface area contributed by atoms with E-state index in [0.717, 1.165) is 6.07 Å². The number of aliphatic carboxylic acids is 1. The van der Waals surface area contributed by atoms with Crippen molar-refractivity contribution in [2.24, 2.45) is 0 Å². The quantitative estimate of drug-likeness (QED) is 0.916. The Bertz CT molecular complexity index is 722. The fourth-order valence-electron chi connectivity index (χ4n) is 1.63. The van der Waals surface area contributed by atoms with Crippen LogP contribution in [0.1, 0.15) is 12.5 Å². The van der Waals surface area contributed by atoms with Gasteiger partial charge in [0.05, 0.1) is 5.56 Å². The van der Waals surface area contributed by atoms with Crippen LogP contribution < -0.4 is 9.47 Å². The number of halogens is 1. The third-order valence-corrected chi connectivity index (χ3v) is 2.78. The lowest BCUT2D eigenvalue weighted by Gasteiger charge is -2.11. The summed E-state index contributed by atoms with van der Waals surface area (Å²) >= 11 is 0. The van der Waals surface area contributed by atoms with E-state index in [1.807, 2.05) is 0 Å². The molecular weight excluding hydrogens is 289 g/mol. The maximum absolute atomic E-state index is 13.5. The Hall–Kier alpha value is -3.07. The lowest BCUT2D eigenvalue weighted by Crippen LogP contribution is -2.22. The first kappa shape index (κ1) is 15.3. The first-order chi connectivity index (χ1) is 10.5. The van der Waals surface area contributed by atoms with E-state index in [2.05, 4.69) is 0 Å². The molecule has 2 aromatic rings. The van der Waals surface area contributed by atoms with E-state index in [4.69, 9.17) is 19.8 Å². The van der Waals surface area contributed by atoms with Crippen LogP contribution in [0, 0.1) is 17.1 Å². The van der Waals surface area contributed by atoms with Crippen LogP contribution in [0.5, 0.6) is 17.2 Å². The van der Waals surface area contributed by atoms with Crippen molar-refractivity contribution in [3.05, 3.63) is 53.8 Å². The molecule has 6 heteroatoms. The van der Waals surface area contributed by atoms with Gasteiger partial charge < -0.3 is 14.6 Å². The van der Waals surface area contributed by atoms with Crippen LogP contribution >= 0.6 is 0 Å². The van der Waals surface area contributed by atoms with Crippen molar-refractivity contribution >= 4 is 5.97 Å². The van der Waals surface area contributed by atoms with Gasteiger partial charge in [-0.15, -0.1) is 0 Å². The molecule has 1 unspecified atom stereocenters. The van der Waals surface area contributed by atoms with Gasteiger partial charge in [-0.3, -0.25) is 0 Å². The molecule has 5 nitrogen and oxygen atoms in total. The number of carboxylic acids is 1. The molecule has 0 saturated carbocycles. The van der Waals surface area contributed by atoms with Crippen LogP contribution in [0.3, 0.4) is 0 Å². The molecule has 0 aliphatic rings. The van der Waals surface area contributed by atoms with Gasteiger partial charge in [-0.1, -0.05) is 0 Å². The van der Waals surface area contributed by atoms with Crippen molar-refractivity contribution in [2.45, 2.75) is 13.0 Å². The summed E-state index contributed by atoms with van der Waals surface area (Å²) in [5.41, 5.74) is -0.0567. The topological polar surface area (TPSA) is 79.5 Å². The molecule has 22 heavy (non-hydrogen) atoms. The minimum atomic E-state index is -1.06. The number of carbonyl (C=O) groups is 1. The summed E-state index contributed by atoms with van der Waals surface area (Å²) in [7, 11) is 0. The Labute approximate surface area is 126 Å². The highest BCUT2D eigenvalue weighted by Gasteiger charge is 2.12. The molecular formula is C16H12FNO4. The summed E-state index contributed by atoms with van der Waals surface area (Å²) in [6.07, 6.45) is -0.959. The number of nitriles is 1. The van der Waals surface area contributed by atoms with Gasteiger partial charge in [0, 0.05) is 6.07 Å². The number of benzene rings is 2. The van der Waals surface area contributed by atoms with Crippen molar-refractivity contribution in [1.82, 2.24) is 0 Å². The first-order valence-corrected chi connectivity index (χ1v) is 6.36. The molecule has 1 atom stereocenters. The highest BCUT2D eigenvalue weighted by molar-refractivity contribution is 5.72. The number of nitrogens with zero attached hydrogens (tertiary/aromatic N) is 1. The zero-order chi connectivity index (χ0) is 16.1. The standard InChI is InChI=1S/C16H12FNO4/c1-10(16(19)20)21-12-4-6-13(7-5-12)22-14-3-2-11(9-18)15(17)8-14/h2-8,10H,1H3,(H,19,20). The zero-order valence-corrected chi connectivity index (χ0v) is 11.6. The molecule has 2 aromatic carbocycles. The summed E-state index contributed by atoms with van der Waals surface area (Å²) in [4.78, 5) is 10.7. The molecule has 0 spiro atoms. The molecule has 0 radical (unpaired) electrons. The highest BCUT2D eigenvalue weighted by Crippen LogP contribution is 2.25. The maximum atomic E-state index is 13.5. The van der Waals surface area contributed by atoms with E-state index >= 15 is 0 Å². The molecule has 112 valence electrons. The van der Waals surface area contributed by atoms with Crippen molar-refractivity contribution in [2.75, 3.05) is 0 Å². The SMILES string of the molecule is CC(Oc1ccc(Oc2ccc(C#N)c(F)c2)cc1)C(=O)O. The Morgan fingerprint density at radius 3 is 2.32 bits per heavy atom. The largest absolute Gasteiger partial charge is 0.479 e.